The van der Waals surface area contributed by atoms with Crippen molar-refractivity contribution in [2.45, 2.75) is 26.2 Å². The smallest absolute Gasteiger partial charge is 0.160 e. The predicted octanol–water partition coefficient (Wildman–Crippen LogP) is 2.10. The van der Waals surface area contributed by atoms with Gasteiger partial charge in [-0.15, -0.1) is 5.10 Å². The molecule has 1 aliphatic rings. The third kappa shape index (κ3) is 3.39. The van der Waals surface area contributed by atoms with E-state index in [1.165, 1.54) is 32.5 Å². The van der Waals surface area contributed by atoms with Gasteiger partial charge in [0.05, 0.1) is 10.2 Å². The number of piperidine rings is 1. The number of nitrogen functional groups attached to an aromatic ring is 1. The van der Waals surface area contributed by atoms with Crippen molar-refractivity contribution < 1.29 is 0 Å². The van der Waals surface area contributed by atoms with Crippen molar-refractivity contribution in [1.82, 2.24) is 15.1 Å². The van der Waals surface area contributed by atoms with Crippen LogP contribution in [0.15, 0.2) is 10.5 Å². The molecule has 1 aromatic heterocycles. The summed E-state index contributed by atoms with van der Waals surface area (Å²) in [7, 11) is 0. The molecule has 0 unspecified atom stereocenters. The summed E-state index contributed by atoms with van der Waals surface area (Å²) < 4.78 is 0.855. The molecule has 2 rings (SSSR count). The fourth-order valence-electron chi connectivity index (χ4n) is 2.32. The molecule has 17 heavy (non-hydrogen) atoms. The Morgan fingerprint density at radius 2 is 2.12 bits per heavy atom. The summed E-state index contributed by atoms with van der Waals surface area (Å²) in [6.45, 7) is 5.82. The van der Waals surface area contributed by atoms with Gasteiger partial charge >= 0.3 is 0 Å². The van der Waals surface area contributed by atoms with Crippen LogP contribution in [0.4, 0.5) is 5.82 Å². The van der Waals surface area contributed by atoms with Crippen molar-refractivity contribution in [3.05, 3.63) is 16.2 Å². The van der Waals surface area contributed by atoms with E-state index in [-0.39, 0.29) is 0 Å². The second kappa shape index (κ2) is 5.78. The van der Waals surface area contributed by atoms with E-state index in [2.05, 4.69) is 38.0 Å². The third-order valence-electron chi connectivity index (χ3n) is 3.48. The second-order valence-corrected chi connectivity index (χ2v) is 5.50. The Bertz CT molecular complexity index is 375. The standard InChI is InChI=1S/C12H19BrN4/c1-2-17-5-3-9(4-6-17)7-10-8-11(13)12(14)16-15-10/h8-9H,2-7H2,1H3,(H2,14,16). The van der Waals surface area contributed by atoms with Crippen LogP contribution in [0.2, 0.25) is 0 Å². The Hall–Kier alpha value is -0.680. The summed E-state index contributed by atoms with van der Waals surface area (Å²) >= 11 is 3.40. The van der Waals surface area contributed by atoms with Gasteiger partial charge in [0.2, 0.25) is 0 Å². The lowest BCUT2D eigenvalue weighted by atomic mass is 9.92. The van der Waals surface area contributed by atoms with E-state index in [0.717, 1.165) is 22.5 Å². The zero-order chi connectivity index (χ0) is 12.3. The number of rotatable bonds is 3. The number of hydrogen-bond donors (Lipinski definition) is 1. The molecule has 1 fully saturated rings. The van der Waals surface area contributed by atoms with Gasteiger partial charge < -0.3 is 10.6 Å². The Kier molecular flexibility index (Phi) is 4.34. The van der Waals surface area contributed by atoms with Gasteiger partial charge in [-0.3, -0.25) is 0 Å². The van der Waals surface area contributed by atoms with Crippen LogP contribution in [0.3, 0.4) is 0 Å². The molecule has 1 aromatic rings. The molecule has 0 aromatic carbocycles. The summed E-state index contributed by atoms with van der Waals surface area (Å²) in [5.41, 5.74) is 6.67. The van der Waals surface area contributed by atoms with E-state index in [1.54, 1.807) is 0 Å². The van der Waals surface area contributed by atoms with Crippen LogP contribution in [0.1, 0.15) is 25.5 Å². The fraction of sp³-hybridized carbons (Fsp3) is 0.667. The summed E-state index contributed by atoms with van der Waals surface area (Å²) in [6, 6.07) is 1.99. The number of nitrogens with two attached hydrogens (primary N) is 1. The molecule has 4 nitrogen and oxygen atoms in total. The van der Waals surface area contributed by atoms with Crippen molar-refractivity contribution in [1.29, 1.82) is 0 Å². The second-order valence-electron chi connectivity index (χ2n) is 4.65. The molecule has 1 saturated heterocycles. The summed E-state index contributed by atoms with van der Waals surface area (Å²) in [6.07, 6.45) is 3.54. The van der Waals surface area contributed by atoms with Crippen LogP contribution in [0, 0.1) is 5.92 Å². The van der Waals surface area contributed by atoms with Crippen molar-refractivity contribution >= 4 is 21.7 Å². The minimum absolute atomic E-state index is 0.467. The molecular weight excluding hydrogens is 280 g/mol. The maximum absolute atomic E-state index is 5.63. The molecule has 2 N–H and O–H groups in total. The van der Waals surface area contributed by atoms with Gasteiger partial charge in [0.1, 0.15) is 0 Å². The Morgan fingerprint density at radius 3 is 2.71 bits per heavy atom. The van der Waals surface area contributed by atoms with Crippen LogP contribution in [0.5, 0.6) is 0 Å². The number of hydrogen-bond acceptors (Lipinski definition) is 4. The van der Waals surface area contributed by atoms with E-state index in [1.807, 2.05) is 6.07 Å². The van der Waals surface area contributed by atoms with Crippen molar-refractivity contribution in [2.24, 2.45) is 5.92 Å². The molecule has 94 valence electrons. The summed E-state index contributed by atoms with van der Waals surface area (Å²) in [5.74, 6) is 1.21. The average Bonchev–Trinajstić information content (AvgIpc) is 2.35. The maximum atomic E-state index is 5.63. The number of likely N-dealkylation sites (tertiary alicyclic amines) is 1. The fourth-order valence-corrected chi connectivity index (χ4v) is 2.66. The number of halogens is 1. The molecule has 5 heteroatoms. The van der Waals surface area contributed by atoms with E-state index in [0.29, 0.717) is 5.82 Å². The quantitative estimate of drug-likeness (QED) is 0.928. The monoisotopic (exact) mass is 298 g/mol. The largest absolute Gasteiger partial charge is 0.381 e. The van der Waals surface area contributed by atoms with Crippen molar-refractivity contribution in [3.63, 3.8) is 0 Å². The predicted molar refractivity (Wildman–Crippen MR) is 72.7 cm³/mol. The lowest BCUT2D eigenvalue weighted by molar-refractivity contribution is 0.191. The van der Waals surface area contributed by atoms with Gasteiger partial charge in [-0.2, -0.15) is 5.10 Å². The molecule has 1 aliphatic heterocycles. The van der Waals surface area contributed by atoms with Crippen molar-refractivity contribution in [3.8, 4) is 0 Å². The Balaban J connectivity index is 1.91. The van der Waals surface area contributed by atoms with Gasteiger partial charge in [-0.1, -0.05) is 6.92 Å². The van der Waals surface area contributed by atoms with Gasteiger partial charge in [0, 0.05) is 0 Å². The molecule has 2 heterocycles. The lowest BCUT2D eigenvalue weighted by Gasteiger charge is -2.30. The molecular formula is C12H19BrN4. The highest BCUT2D eigenvalue weighted by molar-refractivity contribution is 9.10. The maximum Gasteiger partial charge on any atom is 0.160 e. The van der Waals surface area contributed by atoms with E-state index >= 15 is 0 Å². The van der Waals surface area contributed by atoms with E-state index in [4.69, 9.17) is 5.73 Å². The molecule has 0 spiro atoms. The first kappa shape index (κ1) is 12.8. The minimum Gasteiger partial charge on any atom is -0.381 e. The first-order valence-corrected chi connectivity index (χ1v) is 6.98. The summed E-state index contributed by atoms with van der Waals surface area (Å²) in [5, 5.41) is 8.10. The van der Waals surface area contributed by atoms with Crippen LogP contribution in [0.25, 0.3) is 0 Å². The van der Waals surface area contributed by atoms with E-state index in [9.17, 15) is 0 Å². The minimum atomic E-state index is 0.467. The summed E-state index contributed by atoms with van der Waals surface area (Å²) in [4.78, 5) is 2.50. The molecule has 0 radical (unpaired) electrons. The van der Waals surface area contributed by atoms with Gasteiger partial charge in [-0.05, 0) is 66.8 Å². The molecule has 0 aliphatic carbocycles. The highest BCUT2D eigenvalue weighted by atomic mass is 79.9. The first-order chi connectivity index (χ1) is 8.19. The molecule has 0 atom stereocenters. The number of anilines is 1. The van der Waals surface area contributed by atoms with Gasteiger partial charge in [0.25, 0.3) is 0 Å². The third-order valence-corrected chi connectivity index (χ3v) is 4.11. The van der Waals surface area contributed by atoms with Crippen LogP contribution in [-0.2, 0) is 6.42 Å². The Morgan fingerprint density at radius 1 is 1.41 bits per heavy atom. The molecule has 0 bridgehead atoms. The topological polar surface area (TPSA) is 55.0 Å². The highest BCUT2D eigenvalue weighted by Crippen LogP contribution is 2.23. The average molecular weight is 299 g/mol. The number of aromatic nitrogens is 2. The zero-order valence-electron chi connectivity index (χ0n) is 10.2. The Labute approximate surface area is 111 Å². The normalized spacial score (nSPS) is 18.5. The van der Waals surface area contributed by atoms with Crippen LogP contribution < -0.4 is 5.73 Å². The molecule has 0 saturated carbocycles. The van der Waals surface area contributed by atoms with Gasteiger partial charge in [0.15, 0.2) is 5.82 Å². The van der Waals surface area contributed by atoms with Crippen LogP contribution in [-0.4, -0.2) is 34.7 Å². The van der Waals surface area contributed by atoms with Crippen LogP contribution >= 0.6 is 15.9 Å². The van der Waals surface area contributed by atoms with Crippen molar-refractivity contribution in [2.75, 3.05) is 25.4 Å². The SMILES string of the molecule is CCN1CCC(Cc2cc(Br)c(N)nn2)CC1. The number of nitrogens with zero attached hydrogens (tertiary/aromatic N) is 3. The molecule has 0 amide bonds. The highest BCUT2D eigenvalue weighted by Gasteiger charge is 2.19. The van der Waals surface area contributed by atoms with Gasteiger partial charge in [-0.25, -0.2) is 0 Å². The van der Waals surface area contributed by atoms with E-state index < -0.39 is 0 Å². The first-order valence-electron chi connectivity index (χ1n) is 6.19. The zero-order valence-corrected chi connectivity index (χ0v) is 11.8. The lowest BCUT2D eigenvalue weighted by Crippen LogP contribution is -2.34.